The number of nitrogens with one attached hydrogen (secondary N) is 2. The van der Waals surface area contributed by atoms with Gasteiger partial charge in [-0.15, -0.1) is 0 Å². The van der Waals surface area contributed by atoms with Crippen molar-refractivity contribution >= 4 is 11.7 Å². The Morgan fingerprint density at radius 2 is 1.23 bits per heavy atom. The second-order valence-electron chi connectivity index (χ2n) is 4.95. The molecule has 2 aromatic rings. The van der Waals surface area contributed by atoms with Crippen LogP contribution >= 0.6 is 0 Å². The predicted molar refractivity (Wildman–Crippen MR) is 86.6 cm³/mol. The standard InChI is InChI=1S/C16H18N6/c1-3-11-5-7-17-13(9-11)15-19-21-16(22-20-15)14-10-12(4-2)6-8-18-14/h5-10H,3-4H2,1-2H3,(H,19,20)(H,21,22). The average molecular weight is 294 g/mol. The van der Waals surface area contributed by atoms with E-state index in [0.29, 0.717) is 11.7 Å². The number of hydrogen-bond donors (Lipinski definition) is 2. The summed E-state index contributed by atoms with van der Waals surface area (Å²) in [6.07, 6.45) is 5.48. The van der Waals surface area contributed by atoms with E-state index in [1.165, 1.54) is 11.1 Å². The van der Waals surface area contributed by atoms with Gasteiger partial charge in [0.2, 0.25) is 0 Å². The third-order valence-corrected chi connectivity index (χ3v) is 3.50. The van der Waals surface area contributed by atoms with E-state index in [-0.39, 0.29) is 0 Å². The first-order valence-electron chi connectivity index (χ1n) is 7.38. The molecule has 0 spiro atoms. The normalized spacial score (nSPS) is 13.7. The lowest BCUT2D eigenvalue weighted by Crippen LogP contribution is -2.35. The predicted octanol–water partition coefficient (Wildman–Crippen LogP) is 1.82. The summed E-state index contributed by atoms with van der Waals surface area (Å²) in [6.45, 7) is 4.21. The molecule has 0 atom stereocenters. The average Bonchev–Trinajstić information content (AvgIpc) is 2.62. The number of pyridine rings is 2. The number of aryl methyl sites for hydroxylation is 2. The van der Waals surface area contributed by atoms with Gasteiger partial charge in [0, 0.05) is 12.4 Å². The number of hydrogen-bond acceptors (Lipinski definition) is 6. The number of amidine groups is 2. The van der Waals surface area contributed by atoms with Crippen molar-refractivity contribution in [3.8, 4) is 0 Å². The summed E-state index contributed by atoms with van der Waals surface area (Å²) in [7, 11) is 0. The highest BCUT2D eigenvalue weighted by atomic mass is 15.5. The van der Waals surface area contributed by atoms with Crippen molar-refractivity contribution in [2.24, 2.45) is 10.2 Å². The molecule has 0 saturated heterocycles. The molecule has 0 aromatic carbocycles. The molecule has 0 amide bonds. The first-order chi connectivity index (χ1) is 10.8. The molecule has 22 heavy (non-hydrogen) atoms. The zero-order valence-corrected chi connectivity index (χ0v) is 12.7. The summed E-state index contributed by atoms with van der Waals surface area (Å²) in [5.41, 5.74) is 9.85. The van der Waals surface area contributed by atoms with E-state index in [9.17, 15) is 0 Å². The van der Waals surface area contributed by atoms with Crippen LogP contribution in [0.15, 0.2) is 46.9 Å². The Bertz CT molecular complexity index is 671. The van der Waals surface area contributed by atoms with E-state index in [4.69, 9.17) is 0 Å². The van der Waals surface area contributed by atoms with Gasteiger partial charge in [-0.2, -0.15) is 10.2 Å². The lowest BCUT2D eigenvalue weighted by Gasteiger charge is -2.14. The van der Waals surface area contributed by atoms with Crippen LogP contribution in [0.5, 0.6) is 0 Å². The first kappa shape index (κ1) is 14.2. The molecule has 3 rings (SSSR count). The van der Waals surface area contributed by atoms with Crippen molar-refractivity contribution in [1.29, 1.82) is 0 Å². The molecular formula is C16H18N6. The monoisotopic (exact) mass is 294 g/mol. The third kappa shape index (κ3) is 2.95. The van der Waals surface area contributed by atoms with E-state index < -0.39 is 0 Å². The molecule has 3 heterocycles. The van der Waals surface area contributed by atoms with Gasteiger partial charge in [-0.1, -0.05) is 13.8 Å². The van der Waals surface area contributed by atoms with E-state index >= 15 is 0 Å². The van der Waals surface area contributed by atoms with Gasteiger partial charge in [0.05, 0.1) is 0 Å². The van der Waals surface area contributed by atoms with Gasteiger partial charge in [0.25, 0.3) is 0 Å². The van der Waals surface area contributed by atoms with Crippen molar-refractivity contribution in [3.05, 3.63) is 59.2 Å². The van der Waals surface area contributed by atoms with Gasteiger partial charge in [-0.05, 0) is 48.2 Å². The van der Waals surface area contributed by atoms with Crippen LogP contribution in [0.4, 0.5) is 0 Å². The maximum atomic E-state index is 4.32. The highest BCUT2D eigenvalue weighted by molar-refractivity contribution is 6.04. The smallest absolute Gasteiger partial charge is 0.192 e. The third-order valence-electron chi connectivity index (χ3n) is 3.50. The maximum Gasteiger partial charge on any atom is 0.192 e. The minimum absolute atomic E-state index is 0.602. The number of nitrogens with zero attached hydrogens (tertiary/aromatic N) is 4. The molecule has 2 N–H and O–H groups in total. The molecule has 1 aliphatic heterocycles. The van der Waals surface area contributed by atoms with Crippen molar-refractivity contribution in [1.82, 2.24) is 20.8 Å². The first-order valence-corrected chi connectivity index (χ1v) is 7.38. The minimum Gasteiger partial charge on any atom is -0.256 e. The molecule has 6 nitrogen and oxygen atoms in total. The summed E-state index contributed by atoms with van der Waals surface area (Å²) in [4.78, 5) is 8.64. The van der Waals surface area contributed by atoms with Gasteiger partial charge in [-0.25, -0.2) is 0 Å². The molecular weight excluding hydrogens is 276 g/mol. The SMILES string of the molecule is CCc1ccnc(C2=NNC(c3cc(CC)ccn3)=NN2)c1. The van der Waals surface area contributed by atoms with Gasteiger partial charge in [0.1, 0.15) is 11.4 Å². The Hall–Kier alpha value is -2.76. The van der Waals surface area contributed by atoms with Crippen molar-refractivity contribution in [3.63, 3.8) is 0 Å². The summed E-state index contributed by atoms with van der Waals surface area (Å²) < 4.78 is 0. The molecule has 0 fully saturated rings. The van der Waals surface area contributed by atoms with Gasteiger partial charge >= 0.3 is 0 Å². The number of rotatable bonds is 4. The molecule has 112 valence electrons. The molecule has 2 aromatic heterocycles. The fourth-order valence-electron chi connectivity index (χ4n) is 2.14. The van der Waals surface area contributed by atoms with Crippen molar-refractivity contribution in [2.45, 2.75) is 26.7 Å². The Kier molecular flexibility index (Phi) is 4.09. The summed E-state index contributed by atoms with van der Waals surface area (Å²) >= 11 is 0. The molecule has 0 aliphatic carbocycles. The van der Waals surface area contributed by atoms with Crippen LogP contribution in [0.1, 0.15) is 36.4 Å². The highest BCUT2D eigenvalue weighted by Crippen LogP contribution is 2.07. The van der Waals surface area contributed by atoms with E-state index in [2.05, 4.69) is 44.9 Å². The molecule has 0 radical (unpaired) electrons. The van der Waals surface area contributed by atoms with E-state index in [1.807, 2.05) is 24.3 Å². The summed E-state index contributed by atoms with van der Waals surface area (Å²) in [5.74, 6) is 1.20. The highest BCUT2D eigenvalue weighted by Gasteiger charge is 2.13. The van der Waals surface area contributed by atoms with E-state index in [0.717, 1.165) is 24.2 Å². The summed E-state index contributed by atoms with van der Waals surface area (Å²) in [5, 5.41) is 8.62. The molecule has 1 aliphatic rings. The fraction of sp³-hybridized carbons (Fsp3) is 0.250. The quantitative estimate of drug-likeness (QED) is 0.902. The maximum absolute atomic E-state index is 4.32. The molecule has 6 heteroatoms. The molecule has 0 saturated carbocycles. The van der Waals surface area contributed by atoms with Gasteiger partial charge < -0.3 is 0 Å². The lowest BCUT2D eigenvalue weighted by atomic mass is 10.2. The molecule has 0 unspecified atom stereocenters. The van der Waals surface area contributed by atoms with Crippen LogP contribution in [0, 0.1) is 0 Å². The fourth-order valence-corrected chi connectivity index (χ4v) is 2.14. The second kappa shape index (κ2) is 6.34. The minimum atomic E-state index is 0.602. The van der Waals surface area contributed by atoms with Crippen molar-refractivity contribution < 1.29 is 0 Å². The van der Waals surface area contributed by atoms with Crippen LogP contribution < -0.4 is 10.9 Å². The van der Waals surface area contributed by atoms with Crippen LogP contribution in [-0.2, 0) is 12.8 Å². The van der Waals surface area contributed by atoms with Crippen molar-refractivity contribution in [2.75, 3.05) is 0 Å². The topological polar surface area (TPSA) is 74.6 Å². The Morgan fingerprint density at radius 3 is 1.59 bits per heavy atom. The Balaban J connectivity index is 1.78. The zero-order chi connectivity index (χ0) is 15.4. The largest absolute Gasteiger partial charge is 0.256 e. The Morgan fingerprint density at radius 1 is 0.773 bits per heavy atom. The lowest BCUT2D eigenvalue weighted by molar-refractivity contribution is 0.871. The van der Waals surface area contributed by atoms with Crippen LogP contribution in [0.2, 0.25) is 0 Å². The zero-order valence-electron chi connectivity index (χ0n) is 12.7. The number of aromatic nitrogens is 2. The number of hydrazone groups is 2. The summed E-state index contributed by atoms with van der Waals surface area (Å²) in [6, 6.07) is 8.00. The molecule has 0 bridgehead atoms. The van der Waals surface area contributed by atoms with E-state index in [1.54, 1.807) is 12.4 Å². The van der Waals surface area contributed by atoms with Gasteiger partial charge in [0.15, 0.2) is 11.7 Å². The van der Waals surface area contributed by atoms with Gasteiger partial charge in [-0.3, -0.25) is 20.8 Å². The van der Waals surface area contributed by atoms with Crippen LogP contribution in [0.3, 0.4) is 0 Å². The van der Waals surface area contributed by atoms with Crippen LogP contribution in [-0.4, -0.2) is 21.6 Å². The Labute approximate surface area is 129 Å². The van der Waals surface area contributed by atoms with Crippen LogP contribution in [0.25, 0.3) is 0 Å². The second-order valence-corrected chi connectivity index (χ2v) is 4.95.